The van der Waals surface area contributed by atoms with Gasteiger partial charge < -0.3 is 10.6 Å². The smallest absolute Gasteiger partial charge is 0.243 e. The SMILES string of the molecule is CCc1ccccc1NC(=O)C1CCN(S(=O)(=O)c2ccc3c(c2)NC(=O)[C@@H](C)S3)CC1. The highest BCUT2D eigenvalue weighted by Gasteiger charge is 2.33. The Morgan fingerprint density at radius 2 is 1.91 bits per heavy atom. The van der Waals surface area contributed by atoms with Gasteiger partial charge in [-0.1, -0.05) is 25.1 Å². The summed E-state index contributed by atoms with van der Waals surface area (Å²) in [5.41, 5.74) is 2.43. The Kier molecular flexibility index (Phi) is 6.60. The van der Waals surface area contributed by atoms with E-state index in [2.05, 4.69) is 10.6 Å². The van der Waals surface area contributed by atoms with Crippen molar-refractivity contribution < 1.29 is 18.0 Å². The standard InChI is InChI=1S/C23H27N3O4S2/c1-3-16-6-4-5-7-19(16)24-23(28)17-10-12-26(13-11-17)32(29,30)18-8-9-21-20(14-18)25-22(27)15(2)31-21/h4-9,14-15,17H,3,10-13H2,1-2H3,(H,24,28)(H,25,27)/t15-/m1/s1. The lowest BCUT2D eigenvalue weighted by Crippen LogP contribution is -2.41. The number of aryl methyl sites for hydroxylation is 1. The summed E-state index contributed by atoms with van der Waals surface area (Å²) in [5, 5.41) is 5.58. The molecule has 0 saturated carbocycles. The number of rotatable bonds is 5. The molecule has 32 heavy (non-hydrogen) atoms. The molecule has 0 spiro atoms. The quantitative estimate of drug-likeness (QED) is 0.690. The third-order valence-corrected chi connectivity index (χ3v) is 9.07. The predicted octanol–water partition coefficient (Wildman–Crippen LogP) is 3.72. The van der Waals surface area contributed by atoms with Crippen molar-refractivity contribution >= 4 is 45.0 Å². The second kappa shape index (κ2) is 9.25. The average Bonchev–Trinajstić information content (AvgIpc) is 2.80. The Morgan fingerprint density at radius 3 is 2.62 bits per heavy atom. The Balaban J connectivity index is 1.42. The first-order valence-corrected chi connectivity index (χ1v) is 13.1. The molecular weight excluding hydrogens is 446 g/mol. The van der Waals surface area contributed by atoms with Crippen LogP contribution in [0.1, 0.15) is 32.3 Å². The van der Waals surface area contributed by atoms with Gasteiger partial charge in [0.1, 0.15) is 0 Å². The van der Waals surface area contributed by atoms with Crippen molar-refractivity contribution in [3.05, 3.63) is 48.0 Å². The average molecular weight is 474 g/mol. The molecule has 2 aliphatic rings. The molecular formula is C23H27N3O4S2. The number of benzene rings is 2. The summed E-state index contributed by atoms with van der Waals surface area (Å²) in [6.07, 6.45) is 1.76. The second-order valence-electron chi connectivity index (χ2n) is 8.09. The molecule has 1 atom stereocenters. The zero-order chi connectivity index (χ0) is 22.9. The Morgan fingerprint density at radius 1 is 1.19 bits per heavy atom. The highest BCUT2D eigenvalue weighted by Crippen LogP contribution is 2.37. The van der Waals surface area contributed by atoms with Crippen molar-refractivity contribution in [1.29, 1.82) is 0 Å². The third kappa shape index (κ3) is 4.55. The molecule has 0 unspecified atom stereocenters. The molecule has 9 heteroatoms. The van der Waals surface area contributed by atoms with E-state index in [1.54, 1.807) is 12.1 Å². The van der Waals surface area contributed by atoms with Crippen LogP contribution in [0.5, 0.6) is 0 Å². The molecule has 1 fully saturated rings. The molecule has 2 aromatic rings. The summed E-state index contributed by atoms with van der Waals surface area (Å²) in [6.45, 7) is 4.42. The molecule has 2 aliphatic heterocycles. The highest BCUT2D eigenvalue weighted by molar-refractivity contribution is 8.01. The largest absolute Gasteiger partial charge is 0.326 e. The predicted molar refractivity (Wildman–Crippen MR) is 126 cm³/mol. The molecule has 0 bridgehead atoms. The van der Waals surface area contributed by atoms with Gasteiger partial charge in [0.25, 0.3) is 0 Å². The van der Waals surface area contributed by atoms with Gasteiger partial charge in [-0.2, -0.15) is 4.31 Å². The summed E-state index contributed by atoms with van der Waals surface area (Å²) < 4.78 is 27.8. The molecule has 0 aliphatic carbocycles. The van der Waals surface area contributed by atoms with Gasteiger partial charge in [0.05, 0.1) is 15.8 Å². The van der Waals surface area contributed by atoms with Gasteiger partial charge in [-0.25, -0.2) is 8.42 Å². The van der Waals surface area contributed by atoms with Crippen LogP contribution >= 0.6 is 11.8 Å². The number of carbonyl (C=O) groups excluding carboxylic acids is 2. The first kappa shape index (κ1) is 22.8. The van der Waals surface area contributed by atoms with Crippen LogP contribution in [-0.2, 0) is 26.0 Å². The van der Waals surface area contributed by atoms with E-state index in [9.17, 15) is 18.0 Å². The molecule has 2 N–H and O–H groups in total. The molecule has 0 aromatic heterocycles. The number of hydrogen-bond donors (Lipinski definition) is 2. The number of piperidine rings is 1. The van der Waals surface area contributed by atoms with Crippen molar-refractivity contribution in [3.8, 4) is 0 Å². The molecule has 1 saturated heterocycles. The Labute approximate surface area is 193 Å². The van der Waals surface area contributed by atoms with Gasteiger partial charge in [-0.05, 0) is 56.0 Å². The lowest BCUT2D eigenvalue weighted by Gasteiger charge is -2.31. The second-order valence-corrected chi connectivity index (χ2v) is 11.4. The Bertz CT molecular complexity index is 1140. The number of anilines is 2. The summed E-state index contributed by atoms with van der Waals surface area (Å²) in [7, 11) is -3.70. The summed E-state index contributed by atoms with van der Waals surface area (Å²) in [5.74, 6) is -0.425. The van der Waals surface area contributed by atoms with Crippen LogP contribution in [0, 0.1) is 5.92 Å². The zero-order valence-electron chi connectivity index (χ0n) is 18.1. The fourth-order valence-corrected chi connectivity index (χ4v) is 6.47. The number of fused-ring (bicyclic) bond motifs is 1. The first-order valence-electron chi connectivity index (χ1n) is 10.8. The van der Waals surface area contributed by atoms with Crippen LogP contribution in [0.4, 0.5) is 11.4 Å². The molecule has 2 aromatic carbocycles. The zero-order valence-corrected chi connectivity index (χ0v) is 19.8. The summed E-state index contributed by atoms with van der Waals surface area (Å²) >= 11 is 1.42. The van der Waals surface area contributed by atoms with E-state index in [0.717, 1.165) is 22.6 Å². The minimum atomic E-state index is -3.70. The fraction of sp³-hybridized carbons (Fsp3) is 0.391. The van der Waals surface area contributed by atoms with Crippen LogP contribution in [0.3, 0.4) is 0 Å². The number of para-hydroxylation sites is 1. The maximum atomic E-state index is 13.2. The molecule has 170 valence electrons. The minimum Gasteiger partial charge on any atom is -0.326 e. The van der Waals surface area contributed by atoms with Gasteiger partial charge in [-0.15, -0.1) is 11.8 Å². The van der Waals surface area contributed by atoms with E-state index in [0.29, 0.717) is 18.5 Å². The maximum absolute atomic E-state index is 13.2. The molecule has 4 rings (SSSR count). The van der Waals surface area contributed by atoms with Crippen molar-refractivity contribution in [2.45, 2.75) is 48.2 Å². The van der Waals surface area contributed by atoms with Crippen molar-refractivity contribution in [3.63, 3.8) is 0 Å². The van der Waals surface area contributed by atoms with Crippen LogP contribution in [0.2, 0.25) is 0 Å². The topological polar surface area (TPSA) is 95.6 Å². The maximum Gasteiger partial charge on any atom is 0.243 e. The van der Waals surface area contributed by atoms with Crippen molar-refractivity contribution in [2.75, 3.05) is 23.7 Å². The number of sulfonamides is 1. The van der Waals surface area contributed by atoms with E-state index in [1.807, 2.05) is 38.1 Å². The molecule has 0 radical (unpaired) electrons. The van der Waals surface area contributed by atoms with Crippen LogP contribution in [0.15, 0.2) is 52.3 Å². The molecule has 7 nitrogen and oxygen atoms in total. The number of thioether (sulfide) groups is 1. The number of nitrogens with zero attached hydrogens (tertiary/aromatic N) is 1. The fourth-order valence-electron chi connectivity index (χ4n) is 4.04. The summed E-state index contributed by atoms with van der Waals surface area (Å²) in [4.78, 5) is 25.7. The van der Waals surface area contributed by atoms with Crippen molar-refractivity contribution in [2.24, 2.45) is 5.92 Å². The molecule has 2 heterocycles. The number of amides is 2. The van der Waals surface area contributed by atoms with E-state index >= 15 is 0 Å². The van der Waals surface area contributed by atoms with E-state index in [4.69, 9.17) is 0 Å². The number of hydrogen-bond acceptors (Lipinski definition) is 5. The van der Waals surface area contributed by atoms with E-state index in [1.165, 1.54) is 22.1 Å². The van der Waals surface area contributed by atoms with Gasteiger partial charge in [-0.3, -0.25) is 9.59 Å². The summed E-state index contributed by atoms with van der Waals surface area (Å²) in [6, 6.07) is 12.6. The van der Waals surface area contributed by atoms with Crippen LogP contribution < -0.4 is 10.6 Å². The normalized spacial score (nSPS) is 19.8. The first-order chi connectivity index (χ1) is 15.3. The van der Waals surface area contributed by atoms with Gasteiger partial charge in [0, 0.05) is 29.6 Å². The van der Waals surface area contributed by atoms with Crippen LogP contribution in [-0.4, -0.2) is 42.9 Å². The number of nitrogens with one attached hydrogen (secondary N) is 2. The lowest BCUT2D eigenvalue weighted by molar-refractivity contribution is -0.121. The molecule has 2 amide bonds. The lowest BCUT2D eigenvalue weighted by atomic mass is 9.97. The minimum absolute atomic E-state index is 0.0643. The van der Waals surface area contributed by atoms with Gasteiger partial charge in [0.15, 0.2) is 0 Å². The van der Waals surface area contributed by atoms with Gasteiger partial charge >= 0.3 is 0 Å². The van der Waals surface area contributed by atoms with E-state index in [-0.39, 0.29) is 41.0 Å². The Hall–Kier alpha value is -2.36. The van der Waals surface area contributed by atoms with Gasteiger partial charge in [0.2, 0.25) is 21.8 Å². The third-order valence-electron chi connectivity index (χ3n) is 6.00. The monoisotopic (exact) mass is 473 g/mol. The van der Waals surface area contributed by atoms with E-state index < -0.39 is 10.0 Å². The van der Waals surface area contributed by atoms with Crippen LogP contribution in [0.25, 0.3) is 0 Å². The van der Waals surface area contributed by atoms with Crippen molar-refractivity contribution in [1.82, 2.24) is 4.31 Å². The highest BCUT2D eigenvalue weighted by atomic mass is 32.2. The number of carbonyl (C=O) groups is 2.